The van der Waals surface area contributed by atoms with E-state index < -0.39 is 28.6 Å². The number of amides is 2. The number of fused-ring (bicyclic) bond motifs is 1. The van der Waals surface area contributed by atoms with Gasteiger partial charge in [-0.2, -0.15) is 0 Å². The first-order chi connectivity index (χ1) is 15.3. The highest BCUT2D eigenvalue weighted by atomic mass is 32.2. The van der Waals surface area contributed by atoms with Crippen LogP contribution in [0.1, 0.15) is 58.8 Å². The standard InChI is InChI=1S/C24H38N2O5S/c1-4-6-8-12-25(11-5-2)22(29)20-24-16(3)15-17(32-24)18(23(30)31)19(24)21(28)26(20)13-9-7-10-14-27/h5,16-20,27H,2,4,6-15H2,1,3H3,(H,30,31)/t16?,17-,18+,19+,20?,24?/m1/s1. The van der Waals surface area contributed by atoms with Crippen molar-refractivity contribution in [3.05, 3.63) is 12.7 Å². The summed E-state index contributed by atoms with van der Waals surface area (Å²) in [4.78, 5) is 43.3. The molecule has 0 aromatic carbocycles. The van der Waals surface area contributed by atoms with Gasteiger partial charge in [-0.05, 0) is 38.0 Å². The molecule has 3 unspecified atom stereocenters. The minimum atomic E-state index is -0.922. The number of hydrogen-bond acceptors (Lipinski definition) is 5. The third-order valence-corrected chi connectivity index (χ3v) is 9.59. The van der Waals surface area contributed by atoms with E-state index in [-0.39, 0.29) is 29.6 Å². The molecule has 3 heterocycles. The predicted octanol–water partition coefficient (Wildman–Crippen LogP) is 2.78. The van der Waals surface area contributed by atoms with Crippen molar-refractivity contribution < 1.29 is 24.6 Å². The van der Waals surface area contributed by atoms with E-state index in [0.717, 1.165) is 32.1 Å². The Morgan fingerprint density at radius 1 is 1.28 bits per heavy atom. The maximum absolute atomic E-state index is 14.0. The van der Waals surface area contributed by atoms with Crippen molar-refractivity contribution in [3.8, 4) is 0 Å². The SMILES string of the molecule is C=CCN(CCCCC)C(=O)C1N(CCCCCO)C(=O)[C@@H]2[C@@H](C(=O)O)[C@H]3CC(C)C12S3. The Hall–Kier alpha value is -1.54. The quantitative estimate of drug-likeness (QED) is 0.320. The molecular formula is C24H38N2O5S. The van der Waals surface area contributed by atoms with Gasteiger partial charge in [0, 0.05) is 31.5 Å². The lowest BCUT2D eigenvalue weighted by molar-refractivity contribution is -0.149. The zero-order valence-corrected chi connectivity index (χ0v) is 20.2. The minimum Gasteiger partial charge on any atom is -0.481 e. The molecular weight excluding hydrogens is 428 g/mol. The number of aliphatic hydroxyl groups is 1. The monoisotopic (exact) mass is 466 g/mol. The molecule has 180 valence electrons. The molecule has 0 aliphatic carbocycles. The van der Waals surface area contributed by atoms with Crippen LogP contribution < -0.4 is 0 Å². The van der Waals surface area contributed by atoms with Gasteiger partial charge in [-0.15, -0.1) is 18.3 Å². The molecule has 32 heavy (non-hydrogen) atoms. The fourth-order valence-electron chi connectivity index (χ4n) is 6.07. The number of carbonyl (C=O) groups is 3. The van der Waals surface area contributed by atoms with Gasteiger partial charge in [-0.25, -0.2) is 0 Å². The van der Waals surface area contributed by atoms with Gasteiger partial charge in [0.1, 0.15) is 6.04 Å². The van der Waals surface area contributed by atoms with Crippen molar-refractivity contribution in [3.63, 3.8) is 0 Å². The molecule has 1 spiro atoms. The topological polar surface area (TPSA) is 98.2 Å². The summed E-state index contributed by atoms with van der Waals surface area (Å²) < 4.78 is -0.678. The number of hydrogen-bond donors (Lipinski definition) is 2. The smallest absolute Gasteiger partial charge is 0.308 e. The molecule has 7 nitrogen and oxygen atoms in total. The van der Waals surface area contributed by atoms with E-state index >= 15 is 0 Å². The van der Waals surface area contributed by atoms with Gasteiger partial charge in [0.2, 0.25) is 11.8 Å². The Balaban J connectivity index is 1.96. The van der Waals surface area contributed by atoms with Gasteiger partial charge in [-0.1, -0.05) is 32.8 Å². The van der Waals surface area contributed by atoms with Gasteiger partial charge < -0.3 is 20.0 Å². The van der Waals surface area contributed by atoms with Crippen LogP contribution >= 0.6 is 11.8 Å². The summed E-state index contributed by atoms with van der Waals surface area (Å²) >= 11 is 1.59. The number of aliphatic carboxylic acids is 1. The first-order valence-corrected chi connectivity index (χ1v) is 12.9. The number of unbranched alkanes of at least 4 members (excludes halogenated alkanes) is 4. The summed E-state index contributed by atoms with van der Waals surface area (Å²) in [5.41, 5.74) is 0. The van der Waals surface area contributed by atoms with E-state index in [1.54, 1.807) is 22.7 Å². The fraction of sp³-hybridized carbons (Fsp3) is 0.792. The van der Waals surface area contributed by atoms with Gasteiger partial charge in [-0.3, -0.25) is 14.4 Å². The van der Waals surface area contributed by atoms with Crippen LogP contribution in [0.3, 0.4) is 0 Å². The van der Waals surface area contributed by atoms with Crippen LogP contribution in [-0.2, 0) is 14.4 Å². The average Bonchev–Trinajstić information content (AvgIpc) is 3.34. The van der Waals surface area contributed by atoms with Crippen molar-refractivity contribution in [1.82, 2.24) is 9.80 Å². The summed E-state index contributed by atoms with van der Waals surface area (Å²) in [6.07, 6.45) is 7.53. The number of aliphatic hydroxyl groups excluding tert-OH is 1. The van der Waals surface area contributed by atoms with Crippen LogP contribution in [0.2, 0.25) is 0 Å². The predicted molar refractivity (Wildman–Crippen MR) is 125 cm³/mol. The molecule has 0 saturated carbocycles. The molecule has 8 heteroatoms. The second-order valence-corrected chi connectivity index (χ2v) is 11.0. The van der Waals surface area contributed by atoms with Crippen molar-refractivity contribution in [1.29, 1.82) is 0 Å². The van der Waals surface area contributed by atoms with Crippen molar-refractivity contribution in [2.24, 2.45) is 17.8 Å². The maximum atomic E-state index is 14.0. The minimum absolute atomic E-state index is 0.0648. The second kappa shape index (κ2) is 10.6. The number of rotatable bonds is 13. The lowest BCUT2D eigenvalue weighted by Crippen LogP contribution is -2.57. The Morgan fingerprint density at radius 2 is 2.03 bits per heavy atom. The lowest BCUT2D eigenvalue weighted by atomic mass is 9.66. The van der Waals surface area contributed by atoms with E-state index in [2.05, 4.69) is 20.4 Å². The molecule has 2 N–H and O–H groups in total. The van der Waals surface area contributed by atoms with Crippen LogP contribution in [0.15, 0.2) is 12.7 Å². The zero-order valence-electron chi connectivity index (χ0n) is 19.4. The molecule has 0 aromatic heterocycles. The van der Waals surface area contributed by atoms with Crippen LogP contribution in [0.4, 0.5) is 0 Å². The van der Waals surface area contributed by atoms with Crippen molar-refractivity contribution in [2.75, 3.05) is 26.2 Å². The van der Waals surface area contributed by atoms with Gasteiger partial charge in [0.25, 0.3) is 0 Å². The summed E-state index contributed by atoms with van der Waals surface area (Å²) in [5.74, 6) is -2.44. The van der Waals surface area contributed by atoms with Crippen LogP contribution in [0.5, 0.6) is 0 Å². The molecule has 3 fully saturated rings. The van der Waals surface area contributed by atoms with E-state index in [1.807, 2.05) is 4.90 Å². The second-order valence-electron chi connectivity index (χ2n) is 9.49. The largest absolute Gasteiger partial charge is 0.481 e. The maximum Gasteiger partial charge on any atom is 0.308 e. The third kappa shape index (κ3) is 4.20. The van der Waals surface area contributed by atoms with E-state index in [0.29, 0.717) is 32.5 Å². The Morgan fingerprint density at radius 3 is 2.66 bits per heavy atom. The van der Waals surface area contributed by atoms with E-state index in [4.69, 9.17) is 5.11 Å². The summed E-state index contributed by atoms with van der Waals surface area (Å²) in [6.45, 7) is 9.59. The highest BCUT2D eigenvalue weighted by Gasteiger charge is 2.76. The molecule has 3 aliphatic heterocycles. The molecule has 6 atom stereocenters. The highest BCUT2D eigenvalue weighted by molar-refractivity contribution is 8.02. The summed E-state index contributed by atoms with van der Waals surface area (Å²) in [7, 11) is 0. The Labute approximate surface area is 195 Å². The third-order valence-electron chi connectivity index (χ3n) is 7.51. The van der Waals surface area contributed by atoms with E-state index in [1.165, 1.54) is 0 Å². The molecule has 0 radical (unpaired) electrons. The Bertz CT molecular complexity index is 731. The van der Waals surface area contributed by atoms with Crippen molar-refractivity contribution >= 4 is 29.5 Å². The normalized spacial score (nSPS) is 32.9. The molecule has 3 rings (SSSR count). The van der Waals surface area contributed by atoms with Crippen LogP contribution in [0, 0.1) is 17.8 Å². The number of nitrogens with zero attached hydrogens (tertiary/aromatic N) is 2. The van der Waals surface area contributed by atoms with Gasteiger partial charge in [0.05, 0.1) is 16.6 Å². The summed E-state index contributed by atoms with van der Waals surface area (Å²) in [5, 5.41) is 19.0. The highest BCUT2D eigenvalue weighted by Crippen LogP contribution is 2.68. The van der Waals surface area contributed by atoms with Gasteiger partial charge >= 0.3 is 5.97 Å². The zero-order chi connectivity index (χ0) is 23.5. The molecule has 0 aromatic rings. The number of likely N-dealkylation sites (tertiary alicyclic amines) is 1. The fourth-order valence-corrected chi connectivity index (χ4v) is 8.47. The molecule has 3 saturated heterocycles. The number of carboxylic acid groups (broad SMARTS) is 1. The lowest BCUT2D eigenvalue weighted by Gasteiger charge is -2.40. The van der Waals surface area contributed by atoms with Crippen LogP contribution in [0.25, 0.3) is 0 Å². The first kappa shape index (κ1) is 25.1. The molecule has 2 amide bonds. The Kier molecular flexibility index (Phi) is 8.31. The van der Waals surface area contributed by atoms with Gasteiger partial charge in [0.15, 0.2) is 0 Å². The van der Waals surface area contributed by atoms with Crippen molar-refractivity contribution in [2.45, 2.75) is 74.8 Å². The van der Waals surface area contributed by atoms with Crippen LogP contribution in [-0.4, -0.2) is 80.1 Å². The van der Waals surface area contributed by atoms with E-state index in [9.17, 15) is 19.5 Å². The summed E-state index contributed by atoms with van der Waals surface area (Å²) in [6, 6.07) is -0.634. The average molecular weight is 467 g/mol. The molecule has 3 aliphatic rings. The number of carbonyl (C=O) groups excluding carboxylic acids is 2. The molecule has 2 bridgehead atoms. The number of carboxylic acids is 1. The first-order valence-electron chi connectivity index (χ1n) is 12.1. The number of thioether (sulfide) groups is 1.